The fourth-order valence-electron chi connectivity index (χ4n) is 1.26. The Morgan fingerprint density at radius 3 is 3.00 bits per heavy atom. The number of benzene rings is 1. The second-order valence-corrected chi connectivity index (χ2v) is 3.34. The number of hydrogen-bond acceptors (Lipinski definition) is 3. The van der Waals surface area contributed by atoms with Gasteiger partial charge in [-0.25, -0.2) is 14.2 Å². The number of urea groups is 1. The summed E-state index contributed by atoms with van der Waals surface area (Å²) in [4.78, 5) is 18.7. The summed E-state index contributed by atoms with van der Waals surface area (Å²) >= 11 is 0. The molecular weight excluding hydrogens is 239 g/mol. The first-order valence-corrected chi connectivity index (χ1v) is 4.98. The van der Waals surface area contributed by atoms with Crippen LogP contribution in [0.3, 0.4) is 0 Å². The van der Waals surface area contributed by atoms with Gasteiger partial charge in [-0.2, -0.15) is 9.72 Å². The van der Waals surface area contributed by atoms with Crippen molar-refractivity contribution in [3.05, 3.63) is 54.2 Å². The van der Waals surface area contributed by atoms with Crippen LogP contribution in [0.25, 0.3) is 0 Å². The molecule has 0 bridgehead atoms. The maximum atomic E-state index is 12.9. The van der Waals surface area contributed by atoms with E-state index in [1.807, 2.05) is 0 Å². The molecular formula is C11H9FN4O2. The number of carbonyl (C=O) groups excluding carboxylic acids is 1. The molecule has 0 radical (unpaired) electrons. The van der Waals surface area contributed by atoms with Crippen LogP contribution in [0.5, 0.6) is 0 Å². The lowest BCUT2D eigenvalue weighted by Crippen LogP contribution is -2.21. The number of nitrogens with one attached hydrogen (secondary N) is 1. The Balaban J connectivity index is 2.19. The average molecular weight is 248 g/mol. The third kappa shape index (κ3) is 2.91. The molecule has 2 amide bonds. The van der Waals surface area contributed by atoms with Gasteiger partial charge in [0.2, 0.25) is 0 Å². The maximum Gasteiger partial charge on any atom is 0.347 e. The average Bonchev–Trinajstić information content (AvgIpc) is 2.32. The van der Waals surface area contributed by atoms with Crippen molar-refractivity contribution in [2.24, 2.45) is 4.99 Å². The van der Waals surface area contributed by atoms with E-state index in [2.05, 4.69) is 15.3 Å². The summed E-state index contributed by atoms with van der Waals surface area (Å²) in [6, 6.07) is 6.03. The van der Waals surface area contributed by atoms with Crippen LogP contribution in [-0.2, 0) is 0 Å². The van der Waals surface area contributed by atoms with Gasteiger partial charge in [-0.05, 0) is 18.2 Å². The minimum absolute atomic E-state index is 0.0129. The Hall–Kier alpha value is -2.70. The molecule has 0 aliphatic rings. The van der Waals surface area contributed by atoms with E-state index < -0.39 is 11.8 Å². The monoisotopic (exact) mass is 248 g/mol. The Labute approximate surface area is 101 Å². The zero-order chi connectivity index (χ0) is 13.0. The van der Waals surface area contributed by atoms with E-state index in [9.17, 15) is 14.4 Å². The van der Waals surface area contributed by atoms with Gasteiger partial charge in [0.25, 0.3) is 0 Å². The molecule has 2 rings (SSSR count). The third-order valence-corrected chi connectivity index (χ3v) is 2.01. The van der Waals surface area contributed by atoms with Crippen molar-refractivity contribution in [3.8, 4) is 0 Å². The van der Waals surface area contributed by atoms with Gasteiger partial charge in [0.15, 0.2) is 5.49 Å². The lowest BCUT2D eigenvalue weighted by atomic mass is 10.3. The lowest BCUT2D eigenvalue weighted by molar-refractivity contribution is 0.167. The second-order valence-electron chi connectivity index (χ2n) is 3.34. The van der Waals surface area contributed by atoms with Gasteiger partial charge in [0.05, 0.1) is 0 Å². The molecule has 0 aliphatic heterocycles. The summed E-state index contributed by atoms with van der Waals surface area (Å²) in [5, 5.41) is 11.7. The van der Waals surface area contributed by atoms with E-state index in [0.717, 1.165) is 12.4 Å². The SMILES string of the molecule is O=C(/N=c1/ccncn1O)Nc1cccc(F)c1. The van der Waals surface area contributed by atoms with Crippen molar-refractivity contribution in [3.63, 3.8) is 0 Å². The van der Waals surface area contributed by atoms with E-state index in [4.69, 9.17) is 0 Å². The van der Waals surface area contributed by atoms with Gasteiger partial charge in [0, 0.05) is 18.0 Å². The number of hydrogen-bond donors (Lipinski definition) is 2. The lowest BCUT2D eigenvalue weighted by Gasteiger charge is -2.01. The zero-order valence-corrected chi connectivity index (χ0v) is 9.12. The highest BCUT2D eigenvalue weighted by molar-refractivity contribution is 5.89. The highest BCUT2D eigenvalue weighted by Gasteiger charge is 2.01. The molecule has 0 spiro atoms. The minimum Gasteiger partial charge on any atom is -0.425 e. The number of nitrogens with zero attached hydrogens (tertiary/aromatic N) is 3. The van der Waals surface area contributed by atoms with Gasteiger partial charge in [0.1, 0.15) is 12.1 Å². The molecule has 92 valence electrons. The number of rotatable bonds is 1. The number of aromatic nitrogens is 2. The fraction of sp³-hybridized carbons (Fsp3) is 0. The molecule has 0 atom stereocenters. The van der Waals surface area contributed by atoms with Crippen molar-refractivity contribution < 1.29 is 14.4 Å². The standard InChI is InChI=1S/C11H9FN4O2/c12-8-2-1-3-9(6-8)14-11(17)15-10-4-5-13-7-16(10)18/h1-7,18H,(H,14,17)/b15-10-. The number of amides is 2. The normalized spacial score (nSPS) is 11.3. The molecule has 0 saturated heterocycles. The molecule has 0 unspecified atom stereocenters. The maximum absolute atomic E-state index is 12.9. The molecule has 1 heterocycles. The summed E-state index contributed by atoms with van der Waals surface area (Å²) < 4.78 is 13.5. The largest absolute Gasteiger partial charge is 0.425 e. The second kappa shape index (κ2) is 5.09. The summed E-state index contributed by atoms with van der Waals surface area (Å²) in [5.41, 5.74) is 0.293. The first kappa shape index (κ1) is 11.8. The van der Waals surface area contributed by atoms with E-state index >= 15 is 0 Å². The van der Waals surface area contributed by atoms with E-state index in [1.165, 1.54) is 30.5 Å². The van der Waals surface area contributed by atoms with Crippen molar-refractivity contribution >= 4 is 11.7 Å². The first-order valence-electron chi connectivity index (χ1n) is 4.98. The van der Waals surface area contributed by atoms with Crippen LogP contribution < -0.4 is 10.8 Å². The van der Waals surface area contributed by atoms with Crippen LogP contribution in [0, 0.1) is 5.82 Å². The van der Waals surface area contributed by atoms with E-state index in [-0.39, 0.29) is 11.2 Å². The Morgan fingerprint density at radius 1 is 1.44 bits per heavy atom. The van der Waals surface area contributed by atoms with Gasteiger partial charge in [-0.1, -0.05) is 6.07 Å². The molecule has 0 fully saturated rings. The molecule has 1 aromatic heterocycles. The Bertz CT molecular complexity index is 639. The predicted octanol–water partition coefficient (Wildman–Crippen LogP) is 1.39. The molecule has 7 heteroatoms. The fourth-order valence-corrected chi connectivity index (χ4v) is 1.26. The van der Waals surface area contributed by atoms with Gasteiger partial charge < -0.3 is 10.5 Å². The van der Waals surface area contributed by atoms with E-state index in [1.54, 1.807) is 0 Å². The molecule has 0 aliphatic carbocycles. The van der Waals surface area contributed by atoms with Crippen molar-refractivity contribution in [2.45, 2.75) is 0 Å². The molecule has 2 N–H and O–H groups in total. The molecule has 0 saturated carbocycles. The van der Waals surface area contributed by atoms with Crippen LogP contribution >= 0.6 is 0 Å². The zero-order valence-electron chi connectivity index (χ0n) is 9.12. The first-order chi connectivity index (χ1) is 8.65. The van der Waals surface area contributed by atoms with Crippen molar-refractivity contribution in [1.82, 2.24) is 9.71 Å². The third-order valence-electron chi connectivity index (χ3n) is 2.01. The number of anilines is 1. The number of carbonyl (C=O) groups is 1. The summed E-state index contributed by atoms with van der Waals surface area (Å²) in [6.45, 7) is 0. The topological polar surface area (TPSA) is 79.5 Å². The predicted molar refractivity (Wildman–Crippen MR) is 60.4 cm³/mol. The van der Waals surface area contributed by atoms with E-state index in [0.29, 0.717) is 4.73 Å². The highest BCUT2D eigenvalue weighted by Crippen LogP contribution is 2.08. The van der Waals surface area contributed by atoms with Crippen LogP contribution in [0.4, 0.5) is 14.9 Å². The van der Waals surface area contributed by atoms with Crippen LogP contribution in [0.15, 0.2) is 47.8 Å². The van der Waals surface area contributed by atoms with Crippen molar-refractivity contribution in [1.29, 1.82) is 0 Å². The van der Waals surface area contributed by atoms with Gasteiger partial charge >= 0.3 is 6.03 Å². The summed E-state index contributed by atoms with van der Waals surface area (Å²) in [6.07, 6.45) is 2.47. The highest BCUT2D eigenvalue weighted by atomic mass is 19.1. The van der Waals surface area contributed by atoms with Gasteiger partial charge in [-0.3, -0.25) is 0 Å². The van der Waals surface area contributed by atoms with Crippen molar-refractivity contribution in [2.75, 3.05) is 5.32 Å². The quantitative estimate of drug-likeness (QED) is 0.748. The molecule has 6 nitrogen and oxygen atoms in total. The summed E-state index contributed by atoms with van der Waals surface area (Å²) in [7, 11) is 0. The Kier molecular flexibility index (Phi) is 3.33. The number of halogens is 1. The molecule has 1 aromatic carbocycles. The van der Waals surface area contributed by atoms with Crippen LogP contribution in [0.2, 0.25) is 0 Å². The van der Waals surface area contributed by atoms with Crippen LogP contribution in [0.1, 0.15) is 0 Å². The van der Waals surface area contributed by atoms with Crippen LogP contribution in [-0.4, -0.2) is 21.0 Å². The minimum atomic E-state index is -0.727. The molecule has 18 heavy (non-hydrogen) atoms. The summed E-state index contributed by atoms with van der Waals surface area (Å²) in [5.74, 6) is -0.464. The molecule has 2 aromatic rings. The van der Waals surface area contributed by atoms with Gasteiger partial charge in [-0.15, -0.1) is 0 Å². The Morgan fingerprint density at radius 2 is 2.28 bits per heavy atom. The smallest absolute Gasteiger partial charge is 0.347 e.